The normalized spacial score (nSPS) is 17.3. The van der Waals surface area contributed by atoms with Crippen molar-refractivity contribution in [3.8, 4) is 0 Å². The van der Waals surface area contributed by atoms with Crippen LogP contribution in [0.4, 0.5) is 5.69 Å². The Bertz CT molecular complexity index is 859. The number of hydrogen-bond acceptors (Lipinski definition) is 4. The third kappa shape index (κ3) is 5.82. The van der Waals surface area contributed by atoms with Gasteiger partial charge in [0.2, 0.25) is 5.91 Å². The number of rotatable bonds is 6. The first-order valence-corrected chi connectivity index (χ1v) is 10.5. The van der Waals surface area contributed by atoms with Gasteiger partial charge in [-0.1, -0.05) is 26.0 Å². The molecule has 0 spiro atoms. The highest BCUT2D eigenvalue weighted by molar-refractivity contribution is 5.92. The Labute approximate surface area is 178 Å². The molecule has 30 heavy (non-hydrogen) atoms. The third-order valence-electron chi connectivity index (χ3n) is 4.95. The molecular formula is C22H32N6O2. The summed E-state index contributed by atoms with van der Waals surface area (Å²) >= 11 is 0. The Hall–Kier alpha value is -2.87. The molecule has 1 aromatic heterocycles. The third-order valence-corrected chi connectivity index (χ3v) is 4.95. The number of aromatic nitrogens is 2. The highest BCUT2D eigenvalue weighted by Crippen LogP contribution is 2.22. The van der Waals surface area contributed by atoms with Gasteiger partial charge in [-0.15, -0.1) is 0 Å². The molecule has 0 radical (unpaired) electrons. The molecule has 0 aliphatic carbocycles. The summed E-state index contributed by atoms with van der Waals surface area (Å²) in [6.07, 6.45) is 3.84. The number of carbonyl (C=O) groups excluding carboxylic acids is 1. The van der Waals surface area contributed by atoms with Crippen LogP contribution in [0.2, 0.25) is 0 Å². The summed E-state index contributed by atoms with van der Waals surface area (Å²) in [7, 11) is 1.91. The van der Waals surface area contributed by atoms with Gasteiger partial charge in [0.15, 0.2) is 5.96 Å². The maximum Gasteiger partial charge on any atom is 0.226 e. The first kappa shape index (κ1) is 21.8. The van der Waals surface area contributed by atoms with E-state index in [1.807, 2.05) is 57.6 Å². The Morgan fingerprint density at radius 3 is 2.73 bits per heavy atom. The van der Waals surface area contributed by atoms with Gasteiger partial charge >= 0.3 is 0 Å². The van der Waals surface area contributed by atoms with Crippen LogP contribution in [-0.4, -0.2) is 52.8 Å². The lowest BCUT2D eigenvalue weighted by molar-refractivity contribution is -0.118. The molecule has 162 valence electrons. The molecule has 2 N–H and O–H groups in total. The molecule has 1 amide bonds. The number of nitrogens with zero attached hydrogens (tertiary/aromatic N) is 4. The standard InChI is InChI=1S/C22H32N6O2/c1-5-23-22(28-10-11-30-20(15-28)18-13-25-27(4)14-18)24-12-17-6-8-19(9-7-17)26-21(29)16(2)3/h6-9,13-14,16,20H,5,10-12,15H2,1-4H3,(H,23,24)(H,26,29). The molecule has 0 bridgehead atoms. The average Bonchev–Trinajstić information content (AvgIpc) is 3.18. The van der Waals surface area contributed by atoms with E-state index >= 15 is 0 Å². The van der Waals surface area contributed by atoms with E-state index in [1.54, 1.807) is 4.68 Å². The van der Waals surface area contributed by atoms with Crippen molar-refractivity contribution in [1.29, 1.82) is 0 Å². The lowest BCUT2D eigenvalue weighted by atomic mass is 10.1. The van der Waals surface area contributed by atoms with Crippen molar-refractivity contribution in [3.05, 3.63) is 47.8 Å². The van der Waals surface area contributed by atoms with Crippen LogP contribution in [0.25, 0.3) is 0 Å². The van der Waals surface area contributed by atoms with Gasteiger partial charge < -0.3 is 20.3 Å². The van der Waals surface area contributed by atoms with Crippen LogP contribution in [0.5, 0.6) is 0 Å². The van der Waals surface area contributed by atoms with Crippen molar-refractivity contribution in [1.82, 2.24) is 20.0 Å². The number of hydrogen-bond donors (Lipinski definition) is 2. The van der Waals surface area contributed by atoms with E-state index in [9.17, 15) is 4.79 Å². The predicted octanol–water partition coefficient (Wildman–Crippen LogP) is 2.55. The minimum atomic E-state index is -0.0408. The molecule has 1 saturated heterocycles. The van der Waals surface area contributed by atoms with E-state index in [2.05, 4.69) is 27.6 Å². The summed E-state index contributed by atoms with van der Waals surface area (Å²) in [5, 5.41) is 10.6. The Morgan fingerprint density at radius 2 is 2.10 bits per heavy atom. The summed E-state index contributed by atoms with van der Waals surface area (Å²) in [6.45, 7) is 9.37. The number of aliphatic imine (C=N–C) groups is 1. The zero-order chi connectivity index (χ0) is 21.5. The first-order chi connectivity index (χ1) is 14.5. The number of benzene rings is 1. The van der Waals surface area contributed by atoms with Gasteiger partial charge in [-0.05, 0) is 24.6 Å². The molecule has 1 atom stereocenters. The fourth-order valence-corrected chi connectivity index (χ4v) is 3.22. The van der Waals surface area contributed by atoms with Crippen molar-refractivity contribution >= 4 is 17.6 Å². The average molecular weight is 413 g/mol. The number of nitrogens with one attached hydrogen (secondary N) is 2. The van der Waals surface area contributed by atoms with Crippen molar-refractivity contribution < 1.29 is 9.53 Å². The molecular weight excluding hydrogens is 380 g/mol. The molecule has 2 aromatic rings. The highest BCUT2D eigenvalue weighted by Gasteiger charge is 2.25. The van der Waals surface area contributed by atoms with E-state index in [1.165, 1.54) is 0 Å². The largest absolute Gasteiger partial charge is 0.370 e. The number of guanidine groups is 1. The van der Waals surface area contributed by atoms with Crippen LogP contribution < -0.4 is 10.6 Å². The smallest absolute Gasteiger partial charge is 0.226 e. The van der Waals surface area contributed by atoms with Crippen molar-refractivity contribution in [3.63, 3.8) is 0 Å². The number of morpholine rings is 1. The van der Waals surface area contributed by atoms with Crippen LogP contribution in [0.3, 0.4) is 0 Å². The molecule has 0 saturated carbocycles. The quantitative estimate of drug-likeness (QED) is 0.563. The molecule has 8 nitrogen and oxygen atoms in total. The highest BCUT2D eigenvalue weighted by atomic mass is 16.5. The van der Waals surface area contributed by atoms with Gasteiger partial charge in [-0.25, -0.2) is 4.99 Å². The molecule has 3 rings (SSSR count). The Balaban J connectivity index is 1.64. The zero-order valence-electron chi connectivity index (χ0n) is 18.3. The van der Waals surface area contributed by atoms with Crippen LogP contribution in [0, 0.1) is 5.92 Å². The summed E-state index contributed by atoms with van der Waals surface area (Å²) in [5.41, 5.74) is 2.97. The van der Waals surface area contributed by atoms with Crippen molar-refractivity contribution in [2.75, 3.05) is 31.6 Å². The zero-order valence-corrected chi connectivity index (χ0v) is 18.3. The fraction of sp³-hybridized carbons (Fsp3) is 0.500. The second-order valence-electron chi connectivity index (χ2n) is 7.76. The van der Waals surface area contributed by atoms with Crippen molar-refractivity contribution in [2.24, 2.45) is 18.0 Å². The Kier molecular flexibility index (Phi) is 7.46. The van der Waals surface area contributed by atoms with Crippen LogP contribution >= 0.6 is 0 Å². The topological polar surface area (TPSA) is 83.8 Å². The van der Waals surface area contributed by atoms with Gasteiger partial charge in [0.05, 0.1) is 25.9 Å². The molecule has 2 heterocycles. The van der Waals surface area contributed by atoms with E-state index in [0.717, 1.165) is 42.4 Å². The van der Waals surface area contributed by atoms with E-state index in [0.29, 0.717) is 13.2 Å². The number of ether oxygens (including phenoxy) is 1. The van der Waals surface area contributed by atoms with Gasteiger partial charge in [0, 0.05) is 43.5 Å². The van der Waals surface area contributed by atoms with Crippen LogP contribution in [-0.2, 0) is 23.1 Å². The molecule has 1 aliphatic rings. The monoisotopic (exact) mass is 412 g/mol. The van der Waals surface area contributed by atoms with Crippen molar-refractivity contribution in [2.45, 2.75) is 33.4 Å². The van der Waals surface area contributed by atoms with Crippen LogP contribution in [0.15, 0.2) is 41.7 Å². The molecule has 1 unspecified atom stereocenters. The maximum absolute atomic E-state index is 11.8. The van der Waals surface area contributed by atoms with E-state index in [-0.39, 0.29) is 17.9 Å². The lowest BCUT2D eigenvalue weighted by Crippen LogP contribution is -2.48. The fourth-order valence-electron chi connectivity index (χ4n) is 3.22. The number of aryl methyl sites for hydroxylation is 1. The molecule has 1 aromatic carbocycles. The summed E-state index contributed by atoms with van der Waals surface area (Å²) in [5.74, 6) is 0.860. The van der Waals surface area contributed by atoms with Gasteiger partial charge in [-0.3, -0.25) is 9.48 Å². The summed E-state index contributed by atoms with van der Waals surface area (Å²) in [4.78, 5) is 18.9. The summed E-state index contributed by atoms with van der Waals surface area (Å²) < 4.78 is 7.74. The van der Waals surface area contributed by atoms with E-state index in [4.69, 9.17) is 9.73 Å². The molecule has 1 fully saturated rings. The predicted molar refractivity (Wildman–Crippen MR) is 118 cm³/mol. The Morgan fingerprint density at radius 1 is 1.33 bits per heavy atom. The first-order valence-electron chi connectivity index (χ1n) is 10.5. The molecule has 8 heteroatoms. The second kappa shape index (κ2) is 10.2. The van der Waals surface area contributed by atoms with Gasteiger partial charge in [-0.2, -0.15) is 5.10 Å². The second-order valence-corrected chi connectivity index (χ2v) is 7.76. The molecule has 1 aliphatic heterocycles. The minimum Gasteiger partial charge on any atom is -0.370 e. The van der Waals surface area contributed by atoms with Gasteiger partial charge in [0.1, 0.15) is 6.10 Å². The number of amides is 1. The van der Waals surface area contributed by atoms with Crippen LogP contribution in [0.1, 0.15) is 38.0 Å². The van der Waals surface area contributed by atoms with E-state index < -0.39 is 0 Å². The SMILES string of the molecule is CCNC(=NCc1ccc(NC(=O)C(C)C)cc1)N1CCOC(c2cnn(C)c2)C1. The minimum absolute atomic E-state index is 0.0137. The maximum atomic E-state index is 11.8. The number of carbonyl (C=O) groups is 1. The summed E-state index contributed by atoms with van der Waals surface area (Å²) in [6, 6.07) is 7.85. The number of anilines is 1. The van der Waals surface area contributed by atoms with Gasteiger partial charge in [0.25, 0.3) is 0 Å². The lowest BCUT2D eigenvalue weighted by Gasteiger charge is -2.34.